The summed E-state index contributed by atoms with van der Waals surface area (Å²) in [5.74, 6) is -1.20. The van der Waals surface area contributed by atoms with Crippen molar-refractivity contribution in [3.8, 4) is 5.75 Å². The Bertz CT molecular complexity index is 762. The third kappa shape index (κ3) is 4.99. The second kappa shape index (κ2) is 7.83. The van der Waals surface area contributed by atoms with Gasteiger partial charge in [-0.2, -0.15) is 0 Å². The highest BCUT2D eigenvalue weighted by Crippen LogP contribution is 2.17. The Balaban J connectivity index is 2.16. The normalized spacial score (nSPS) is 11.4. The smallest absolute Gasteiger partial charge is 0.352 e. The van der Waals surface area contributed by atoms with Crippen molar-refractivity contribution in [1.82, 2.24) is 5.32 Å². The summed E-state index contributed by atoms with van der Waals surface area (Å²) < 4.78 is 11.0. The maximum atomic E-state index is 12.0. The largest absolute Gasteiger partial charge is 0.491 e. The molecule has 0 aliphatic rings. The van der Waals surface area contributed by atoms with Crippen LogP contribution in [0.3, 0.4) is 0 Å². The Morgan fingerprint density at radius 1 is 1.21 bits per heavy atom. The SMILES string of the molecule is CC(C)Oc1ccc(C=C(NC(=O)c2ccc(Br)o2)C(=O)O)cc1. The summed E-state index contributed by atoms with van der Waals surface area (Å²) in [6, 6.07) is 9.86. The van der Waals surface area contributed by atoms with Gasteiger partial charge < -0.3 is 19.6 Å². The van der Waals surface area contributed by atoms with E-state index in [9.17, 15) is 14.7 Å². The van der Waals surface area contributed by atoms with E-state index in [0.717, 1.165) is 0 Å². The van der Waals surface area contributed by atoms with Crippen LogP contribution in [-0.4, -0.2) is 23.1 Å². The number of benzene rings is 1. The van der Waals surface area contributed by atoms with Gasteiger partial charge in [-0.25, -0.2) is 4.79 Å². The van der Waals surface area contributed by atoms with Gasteiger partial charge in [-0.3, -0.25) is 4.79 Å². The Kier molecular flexibility index (Phi) is 5.81. The predicted molar refractivity (Wildman–Crippen MR) is 91.7 cm³/mol. The molecule has 0 bridgehead atoms. The maximum absolute atomic E-state index is 12.0. The van der Waals surface area contributed by atoms with E-state index in [-0.39, 0.29) is 17.6 Å². The van der Waals surface area contributed by atoms with Gasteiger partial charge in [0, 0.05) is 0 Å². The van der Waals surface area contributed by atoms with Crippen molar-refractivity contribution in [2.24, 2.45) is 0 Å². The molecule has 0 atom stereocenters. The zero-order chi connectivity index (χ0) is 17.7. The van der Waals surface area contributed by atoms with Gasteiger partial charge >= 0.3 is 5.97 Å². The lowest BCUT2D eigenvalue weighted by molar-refractivity contribution is -0.132. The summed E-state index contributed by atoms with van der Waals surface area (Å²) in [4.78, 5) is 23.3. The third-order valence-corrected chi connectivity index (χ3v) is 3.26. The van der Waals surface area contributed by atoms with Crippen LogP contribution in [0.4, 0.5) is 0 Å². The average molecular weight is 394 g/mol. The molecular formula is C17H16BrNO5. The first-order valence-electron chi connectivity index (χ1n) is 7.13. The molecule has 1 aromatic carbocycles. The highest BCUT2D eigenvalue weighted by atomic mass is 79.9. The van der Waals surface area contributed by atoms with Crippen LogP contribution in [0.25, 0.3) is 6.08 Å². The fourth-order valence-corrected chi connectivity index (χ4v) is 2.16. The van der Waals surface area contributed by atoms with Gasteiger partial charge in [-0.15, -0.1) is 0 Å². The van der Waals surface area contributed by atoms with Crippen molar-refractivity contribution in [2.45, 2.75) is 20.0 Å². The molecule has 2 aromatic rings. The number of rotatable bonds is 6. The number of carbonyl (C=O) groups excluding carboxylic acids is 1. The quantitative estimate of drug-likeness (QED) is 0.730. The molecule has 0 saturated carbocycles. The molecule has 0 radical (unpaired) electrons. The van der Waals surface area contributed by atoms with Gasteiger partial charge in [0.05, 0.1) is 6.10 Å². The molecule has 1 amide bonds. The van der Waals surface area contributed by atoms with Crippen molar-refractivity contribution < 1.29 is 23.8 Å². The molecular weight excluding hydrogens is 378 g/mol. The molecule has 2 N–H and O–H groups in total. The molecule has 7 heteroatoms. The number of halogens is 1. The van der Waals surface area contributed by atoms with Crippen molar-refractivity contribution in [3.05, 3.63) is 58.1 Å². The summed E-state index contributed by atoms with van der Waals surface area (Å²) in [7, 11) is 0. The lowest BCUT2D eigenvalue weighted by atomic mass is 10.2. The minimum atomic E-state index is -1.25. The molecule has 6 nitrogen and oxygen atoms in total. The molecule has 1 heterocycles. The highest BCUT2D eigenvalue weighted by Gasteiger charge is 2.16. The van der Waals surface area contributed by atoms with Crippen molar-refractivity contribution in [2.75, 3.05) is 0 Å². The van der Waals surface area contributed by atoms with E-state index >= 15 is 0 Å². The standard InChI is InChI=1S/C17H16BrNO5/c1-10(2)23-12-5-3-11(4-6-12)9-13(17(21)22)19-16(20)14-7-8-15(18)24-14/h3-10H,1-2H3,(H,19,20)(H,21,22). The van der Waals surface area contributed by atoms with E-state index in [1.54, 1.807) is 30.3 Å². The highest BCUT2D eigenvalue weighted by molar-refractivity contribution is 9.10. The molecule has 0 aliphatic heterocycles. The van der Waals surface area contributed by atoms with Gasteiger partial charge in [0.1, 0.15) is 11.4 Å². The monoisotopic (exact) mass is 393 g/mol. The van der Waals surface area contributed by atoms with Crippen LogP contribution in [0.1, 0.15) is 30.0 Å². The second-order valence-corrected chi connectivity index (χ2v) is 5.94. The van der Waals surface area contributed by atoms with Crippen molar-refractivity contribution in [3.63, 3.8) is 0 Å². The first kappa shape index (κ1) is 17.8. The van der Waals surface area contributed by atoms with Crippen LogP contribution in [0.2, 0.25) is 0 Å². The summed E-state index contributed by atoms with van der Waals surface area (Å²) in [6.45, 7) is 3.83. The molecule has 2 rings (SSSR count). The van der Waals surface area contributed by atoms with E-state index in [1.165, 1.54) is 12.1 Å². The zero-order valence-electron chi connectivity index (χ0n) is 13.1. The molecule has 24 heavy (non-hydrogen) atoms. The second-order valence-electron chi connectivity index (χ2n) is 5.16. The predicted octanol–water partition coefficient (Wildman–Crippen LogP) is 3.68. The first-order valence-corrected chi connectivity index (χ1v) is 7.93. The van der Waals surface area contributed by atoms with E-state index in [1.807, 2.05) is 13.8 Å². The Morgan fingerprint density at radius 2 is 1.88 bits per heavy atom. The van der Waals surface area contributed by atoms with E-state index in [4.69, 9.17) is 9.15 Å². The van der Waals surface area contributed by atoms with Gasteiger partial charge in [-0.1, -0.05) is 12.1 Å². The van der Waals surface area contributed by atoms with Gasteiger partial charge in [0.25, 0.3) is 5.91 Å². The third-order valence-electron chi connectivity index (χ3n) is 2.84. The van der Waals surface area contributed by atoms with Crippen LogP contribution in [0, 0.1) is 0 Å². The van der Waals surface area contributed by atoms with E-state index < -0.39 is 11.9 Å². The van der Waals surface area contributed by atoms with E-state index in [0.29, 0.717) is 16.0 Å². The Labute approximate surface area is 147 Å². The van der Waals surface area contributed by atoms with Crippen LogP contribution in [0.15, 0.2) is 51.2 Å². The molecule has 126 valence electrons. The summed E-state index contributed by atoms with van der Waals surface area (Å²) in [5, 5.41) is 11.6. The summed E-state index contributed by atoms with van der Waals surface area (Å²) in [6.07, 6.45) is 1.41. The number of carbonyl (C=O) groups is 2. The number of aliphatic carboxylic acids is 1. The van der Waals surface area contributed by atoms with Crippen LogP contribution >= 0.6 is 15.9 Å². The van der Waals surface area contributed by atoms with Crippen molar-refractivity contribution >= 4 is 33.9 Å². The number of furan rings is 1. The lowest BCUT2D eigenvalue weighted by Crippen LogP contribution is -2.26. The lowest BCUT2D eigenvalue weighted by Gasteiger charge is -2.09. The molecule has 0 fully saturated rings. The fourth-order valence-electron chi connectivity index (χ4n) is 1.85. The minimum absolute atomic E-state index is 0.00899. The number of ether oxygens (including phenoxy) is 1. The maximum Gasteiger partial charge on any atom is 0.352 e. The molecule has 1 aromatic heterocycles. The number of hydrogen-bond donors (Lipinski definition) is 2. The topological polar surface area (TPSA) is 88.8 Å². The van der Waals surface area contributed by atoms with Gasteiger partial charge in [-0.05, 0) is 65.7 Å². The van der Waals surface area contributed by atoms with Gasteiger partial charge in [0.2, 0.25) is 0 Å². The first-order chi connectivity index (χ1) is 11.3. The Morgan fingerprint density at radius 3 is 2.38 bits per heavy atom. The van der Waals surface area contributed by atoms with Gasteiger partial charge in [0.15, 0.2) is 10.4 Å². The average Bonchev–Trinajstić information content (AvgIpc) is 2.94. The van der Waals surface area contributed by atoms with Crippen LogP contribution in [-0.2, 0) is 4.79 Å². The minimum Gasteiger partial charge on any atom is -0.491 e. The Hall–Kier alpha value is -2.54. The van der Waals surface area contributed by atoms with Crippen LogP contribution in [0.5, 0.6) is 5.75 Å². The molecule has 0 unspecified atom stereocenters. The molecule has 0 aliphatic carbocycles. The zero-order valence-corrected chi connectivity index (χ0v) is 14.7. The number of carboxylic acids is 1. The van der Waals surface area contributed by atoms with E-state index in [2.05, 4.69) is 21.2 Å². The fraction of sp³-hybridized carbons (Fsp3) is 0.176. The summed E-state index contributed by atoms with van der Waals surface area (Å²) in [5.41, 5.74) is 0.356. The molecule has 0 saturated heterocycles. The molecule has 0 spiro atoms. The number of carboxylic acid groups (broad SMARTS) is 1. The number of amides is 1. The van der Waals surface area contributed by atoms with Crippen molar-refractivity contribution in [1.29, 1.82) is 0 Å². The summed E-state index contributed by atoms with van der Waals surface area (Å²) >= 11 is 3.08. The number of hydrogen-bond acceptors (Lipinski definition) is 4. The van der Waals surface area contributed by atoms with Crippen LogP contribution < -0.4 is 10.1 Å². The number of nitrogens with one attached hydrogen (secondary N) is 1.